The lowest BCUT2D eigenvalue weighted by Crippen LogP contribution is -1.98. The second kappa shape index (κ2) is 2.08. The van der Waals surface area contributed by atoms with Gasteiger partial charge in [-0.05, 0) is 24.1 Å². The molecule has 0 spiro atoms. The van der Waals surface area contributed by atoms with Crippen LogP contribution in [0.1, 0.15) is 5.56 Å². The Morgan fingerprint density at radius 1 is 1.45 bits per heavy atom. The Morgan fingerprint density at radius 3 is 3.00 bits per heavy atom. The fourth-order valence-corrected chi connectivity index (χ4v) is 2.82. The van der Waals surface area contributed by atoms with E-state index in [1.807, 2.05) is 6.07 Å². The molecule has 1 heterocycles. The van der Waals surface area contributed by atoms with Gasteiger partial charge in [0.1, 0.15) is 0 Å². The molecule has 11 heavy (non-hydrogen) atoms. The van der Waals surface area contributed by atoms with Crippen LogP contribution in [0.25, 0.3) is 0 Å². The minimum absolute atomic E-state index is 0.264. The van der Waals surface area contributed by atoms with Crippen LogP contribution in [0.3, 0.4) is 0 Å². The molecule has 2 rings (SSSR count). The predicted octanol–water partition coefficient (Wildman–Crippen LogP) is 0.817. The summed E-state index contributed by atoms with van der Waals surface area (Å²) in [6.45, 7) is 0. The largest absolute Gasteiger partial charge is 0.224 e. The van der Waals surface area contributed by atoms with Crippen LogP contribution < -0.4 is 0 Å². The lowest BCUT2D eigenvalue weighted by atomic mass is 10.2. The van der Waals surface area contributed by atoms with Gasteiger partial charge in [-0.2, -0.15) is 0 Å². The third-order valence-corrected chi connectivity index (χ3v) is 3.68. The molecule has 0 fully saturated rings. The van der Waals surface area contributed by atoms with Crippen LogP contribution in [-0.2, 0) is 16.3 Å². The van der Waals surface area contributed by atoms with Gasteiger partial charge >= 0.3 is 0 Å². The summed E-state index contributed by atoms with van der Waals surface area (Å²) in [7, 11) is -2.94. The third-order valence-electron chi connectivity index (χ3n) is 1.89. The number of fused-ring (bicyclic) bond motifs is 1. The zero-order valence-corrected chi connectivity index (χ0v) is 6.69. The van der Waals surface area contributed by atoms with Gasteiger partial charge < -0.3 is 0 Å². The molecule has 0 atom stereocenters. The van der Waals surface area contributed by atoms with Crippen molar-refractivity contribution >= 4 is 9.84 Å². The van der Waals surface area contributed by atoms with Crippen molar-refractivity contribution < 1.29 is 8.42 Å². The fraction of sp³-hybridized carbons (Fsp3) is 0.250. The van der Waals surface area contributed by atoms with Crippen molar-refractivity contribution in [3.63, 3.8) is 0 Å². The highest BCUT2D eigenvalue weighted by Gasteiger charge is 2.24. The number of sulfone groups is 1. The smallest absolute Gasteiger partial charge is 0.178 e. The van der Waals surface area contributed by atoms with Crippen LogP contribution in [0.4, 0.5) is 0 Å². The summed E-state index contributed by atoms with van der Waals surface area (Å²) in [4.78, 5) is 0.472. The van der Waals surface area contributed by atoms with Gasteiger partial charge in [0.15, 0.2) is 9.84 Å². The normalized spacial score (nSPS) is 19.6. The lowest BCUT2D eigenvalue weighted by Gasteiger charge is -1.93. The molecule has 0 saturated carbocycles. The van der Waals surface area contributed by atoms with Crippen molar-refractivity contribution in [1.82, 2.24) is 0 Å². The number of aryl methyl sites for hydroxylation is 1. The van der Waals surface area contributed by atoms with E-state index in [4.69, 9.17) is 0 Å². The topological polar surface area (TPSA) is 34.1 Å². The van der Waals surface area contributed by atoms with E-state index in [1.54, 1.807) is 12.1 Å². The monoisotopic (exact) mass is 167 g/mol. The highest BCUT2D eigenvalue weighted by Crippen LogP contribution is 2.24. The molecular weight excluding hydrogens is 160 g/mol. The summed E-state index contributed by atoms with van der Waals surface area (Å²) in [5, 5.41) is 0. The maximum Gasteiger partial charge on any atom is 0.178 e. The van der Waals surface area contributed by atoms with Crippen molar-refractivity contribution in [2.24, 2.45) is 0 Å². The highest BCUT2D eigenvalue weighted by atomic mass is 32.2. The first-order chi connectivity index (χ1) is 5.20. The van der Waals surface area contributed by atoms with Crippen molar-refractivity contribution in [2.45, 2.75) is 11.3 Å². The maximum absolute atomic E-state index is 11.2. The van der Waals surface area contributed by atoms with Gasteiger partial charge in [0.25, 0.3) is 0 Å². The third kappa shape index (κ3) is 0.959. The number of hydrogen-bond donors (Lipinski definition) is 0. The van der Waals surface area contributed by atoms with Crippen LogP contribution in [0.5, 0.6) is 0 Å². The Bertz CT molecular complexity index is 379. The Labute approximate surface area is 65.8 Å². The first-order valence-corrected chi connectivity index (χ1v) is 5.07. The molecular formula is C8H7O2S. The predicted molar refractivity (Wildman–Crippen MR) is 41.0 cm³/mol. The Morgan fingerprint density at radius 2 is 2.27 bits per heavy atom. The van der Waals surface area contributed by atoms with E-state index in [0.29, 0.717) is 11.3 Å². The molecule has 0 aliphatic carbocycles. The average molecular weight is 167 g/mol. The Kier molecular flexibility index (Phi) is 1.29. The molecule has 1 aromatic carbocycles. The van der Waals surface area contributed by atoms with E-state index >= 15 is 0 Å². The highest BCUT2D eigenvalue weighted by molar-refractivity contribution is 7.91. The van der Waals surface area contributed by atoms with Gasteiger partial charge in [0, 0.05) is 0 Å². The second-order valence-electron chi connectivity index (χ2n) is 2.60. The van der Waals surface area contributed by atoms with E-state index in [9.17, 15) is 8.42 Å². The minimum atomic E-state index is -2.94. The quantitative estimate of drug-likeness (QED) is 0.573. The number of benzene rings is 1. The zero-order chi connectivity index (χ0) is 7.90. The molecule has 0 bridgehead atoms. The van der Waals surface area contributed by atoms with Crippen LogP contribution in [0.2, 0.25) is 0 Å². The van der Waals surface area contributed by atoms with E-state index in [1.165, 1.54) is 0 Å². The standard InChI is InChI=1S/C8H7O2S/c9-11(10)6-5-7-3-1-2-4-8(7)11/h1,3-4H,5-6H2. The molecule has 0 aromatic heterocycles. The number of hydrogen-bond acceptors (Lipinski definition) is 2. The molecule has 1 radical (unpaired) electrons. The van der Waals surface area contributed by atoms with Crippen molar-refractivity contribution in [2.75, 3.05) is 5.75 Å². The van der Waals surface area contributed by atoms with E-state index < -0.39 is 9.84 Å². The average Bonchev–Trinajstić information content (AvgIpc) is 2.29. The summed E-state index contributed by atoms with van der Waals surface area (Å²) in [5.41, 5.74) is 0.934. The fourth-order valence-electron chi connectivity index (χ4n) is 1.30. The SMILES string of the molecule is O=S1(=O)CCc2cc[c]cc21. The van der Waals surface area contributed by atoms with Crippen molar-refractivity contribution in [3.8, 4) is 0 Å². The van der Waals surface area contributed by atoms with Crippen molar-refractivity contribution in [1.29, 1.82) is 0 Å². The van der Waals surface area contributed by atoms with Gasteiger partial charge in [-0.25, -0.2) is 8.42 Å². The molecule has 1 aliphatic heterocycles. The molecule has 1 aliphatic rings. The summed E-state index contributed by atoms with van der Waals surface area (Å²) >= 11 is 0. The van der Waals surface area contributed by atoms with E-state index in [2.05, 4.69) is 6.07 Å². The van der Waals surface area contributed by atoms with Crippen LogP contribution >= 0.6 is 0 Å². The van der Waals surface area contributed by atoms with Gasteiger partial charge in [-0.15, -0.1) is 0 Å². The molecule has 0 saturated heterocycles. The minimum Gasteiger partial charge on any atom is -0.224 e. The van der Waals surface area contributed by atoms with Crippen LogP contribution in [0, 0.1) is 6.07 Å². The molecule has 1 aromatic rings. The van der Waals surface area contributed by atoms with Gasteiger partial charge in [-0.3, -0.25) is 0 Å². The Hall–Kier alpha value is -0.830. The molecule has 0 amide bonds. The first-order valence-electron chi connectivity index (χ1n) is 3.42. The van der Waals surface area contributed by atoms with Crippen molar-refractivity contribution in [3.05, 3.63) is 29.8 Å². The summed E-state index contributed by atoms with van der Waals surface area (Å²) in [6.07, 6.45) is 0.659. The van der Waals surface area contributed by atoms with Crippen LogP contribution in [-0.4, -0.2) is 14.2 Å². The second-order valence-corrected chi connectivity index (χ2v) is 4.68. The Balaban J connectivity index is 2.75. The lowest BCUT2D eigenvalue weighted by molar-refractivity contribution is 0.600. The summed E-state index contributed by atoms with van der Waals surface area (Å²) in [5.74, 6) is 0.264. The molecule has 0 unspecified atom stereocenters. The first kappa shape index (κ1) is 6.85. The number of rotatable bonds is 0. The summed E-state index contributed by atoms with van der Waals surface area (Å²) < 4.78 is 22.5. The molecule has 57 valence electrons. The molecule has 3 heteroatoms. The summed E-state index contributed by atoms with van der Waals surface area (Å²) in [6, 6.07) is 7.89. The van der Waals surface area contributed by atoms with E-state index in [-0.39, 0.29) is 5.75 Å². The molecule has 0 N–H and O–H groups in total. The molecule has 2 nitrogen and oxygen atoms in total. The van der Waals surface area contributed by atoms with E-state index in [0.717, 1.165) is 5.56 Å². The van der Waals surface area contributed by atoms with Gasteiger partial charge in [0.2, 0.25) is 0 Å². The van der Waals surface area contributed by atoms with Crippen LogP contribution in [0.15, 0.2) is 23.1 Å². The maximum atomic E-state index is 11.2. The van der Waals surface area contributed by atoms with Gasteiger partial charge in [-0.1, -0.05) is 12.1 Å². The zero-order valence-electron chi connectivity index (χ0n) is 5.87. The van der Waals surface area contributed by atoms with Gasteiger partial charge in [0.05, 0.1) is 10.6 Å².